The minimum atomic E-state index is -0.563. The molecule has 3 rings (SSSR count). The van der Waals surface area contributed by atoms with Crippen LogP contribution in [-0.4, -0.2) is 26.2 Å². The molecule has 0 aromatic heterocycles. The summed E-state index contributed by atoms with van der Waals surface area (Å²) in [6.45, 7) is 3.65. The first-order valence-corrected chi connectivity index (χ1v) is 8.81. The highest BCUT2D eigenvalue weighted by atomic mass is 16.5. The molecule has 28 heavy (non-hydrogen) atoms. The van der Waals surface area contributed by atoms with E-state index in [4.69, 9.17) is 9.47 Å². The lowest BCUT2D eigenvalue weighted by molar-refractivity contribution is -0.113. The van der Waals surface area contributed by atoms with Crippen molar-refractivity contribution in [3.8, 4) is 11.5 Å². The van der Waals surface area contributed by atoms with Crippen LogP contribution in [0.1, 0.15) is 24.1 Å². The Labute approximate surface area is 163 Å². The van der Waals surface area contributed by atoms with Crippen molar-refractivity contribution in [3.05, 3.63) is 64.9 Å². The molecule has 0 saturated heterocycles. The molecule has 146 valence electrons. The van der Waals surface area contributed by atoms with Gasteiger partial charge in [0.25, 0.3) is 5.91 Å². The van der Waals surface area contributed by atoms with E-state index in [1.54, 1.807) is 32.2 Å². The summed E-state index contributed by atoms with van der Waals surface area (Å²) in [4.78, 5) is 25.2. The molecule has 7 heteroatoms. The molecular weight excluding hydrogens is 358 g/mol. The molecule has 0 unspecified atom stereocenters. The summed E-state index contributed by atoms with van der Waals surface area (Å²) in [6.07, 6.45) is 0. The maximum absolute atomic E-state index is 13.2. The number of hydrogen-bond acceptors (Lipinski definition) is 4. The average molecular weight is 381 g/mol. The Hall–Kier alpha value is -3.48. The molecule has 7 nitrogen and oxygen atoms in total. The zero-order valence-electron chi connectivity index (χ0n) is 16.3. The molecule has 1 aliphatic rings. The number of ether oxygens (including phenoxy) is 2. The van der Waals surface area contributed by atoms with Crippen molar-refractivity contribution in [1.29, 1.82) is 0 Å². The maximum atomic E-state index is 13.2. The molecule has 1 heterocycles. The third-order valence-electron chi connectivity index (χ3n) is 4.67. The second kappa shape index (κ2) is 8.04. The van der Waals surface area contributed by atoms with Crippen LogP contribution in [0, 0.1) is 6.92 Å². The largest absolute Gasteiger partial charge is 0.497 e. The van der Waals surface area contributed by atoms with Crippen LogP contribution < -0.4 is 25.4 Å². The van der Waals surface area contributed by atoms with E-state index in [9.17, 15) is 9.59 Å². The number of carbonyl (C=O) groups is 2. The summed E-state index contributed by atoms with van der Waals surface area (Å²) in [5, 5.41) is 8.40. The number of urea groups is 1. The monoisotopic (exact) mass is 381 g/mol. The summed E-state index contributed by atoms with van der Waals surface area (Å²) in [5.41, 5.74) is 3.24. The first-order chi connectivity index (χ1) is 13.4. The van der Waals surface area contributed by atoms with Crippen LogP contribution in [0.15, 0.2) is 53.7 Å². The van der Waals surface area contributed by atoms with Crippen molar-refractivity contribution in [3.63, 3.8) is 0 Å². The van der Waals surface area contributed by atoms with Gasteiger partial charge in [0.15, 0.2) is 0 Å². The fourth-order valence-corrected chi connectivity index (χ4v) is 3.24. The Kier molecular flexibility index (Phi) is 5.54. The predicted octanol–water partition coefficient (Wildman–Crippen LogP) is 3.28. The van der Waals surface area contributed by atoms with Crippen LogP contribution in [0.4, 0.5) is 10.5 Å². The van der Waals surface area contributed by atoms with Crippen LogP contribution in [0.3, 0.4) is 0 Å². The number of hydrogen-bond donors (Lipinski definition) is 3. The maximum Gasteiger partial charge on any atom is 0.319 e. The van der Waals surface area contributed by atoms with E-state index in [1.807, 2.05) is 31.2 Å². The van der Waals surface area contributed by atoms with E-state index >= 15 is 0 Å². The minimum Gasteiger partial charge on any atom is -0.497 e. The molecule has 2 aromatic rings. The van der Waals surface area contributed by atoms with Gasteiger partial charge >= 0.3 is 6.03 Å². The number of aryl methyl sites for hydroxylation is 1. The SMILES string of the molecule is COc1ccc(OC)c(NC(=O)C2=C(C)NC(=O)N[C@@H]2c2ccccc2C)c1. The Morgan fingerprint density at radius 1 is 1.07 bits per heavy atom. The first-order valence-electron chi connectivity index (χ1n) is 8.81. The number of allylic oxidation sites excluding steroid dienone is 1. The molecule has 0 spiro atoms. The zero-order valence-corrected chi connectivity index (χ0v) is 16.3. The van der Waals surface area contributed by atoms with Crippen LogP contribution in [0.25, 0.3) is 0 Å². The number of nitrogens with one attached hydrogen (secondary N) is 3. The Morgan fingerprint density at radius 2 is 1.82 bits per heavy atom. The second-order valence-corrected chi connectivity index (χ2v) is 6.45. The van der Waals surface area contributed by atoms with Gasteiger partial charge in [0.1, 0.15) is 11.5 Å². The summed E-state index contributed by atoms with van der Waals surface area (Å²) < 4.78 is 10.6. The van der Waals surface area contributed by atoms with Crippen molar-refractivity contribution in [2.45, 2.75) is 19.9 Å². The highest BCUT2D eigenvalue weighted by Crippen LogP contribution is 2.33. The molecule has 2 aromatic carbocycles. The van der Waals surface area contributed by atoms with Crippen LogP contribution >= 0.6 is 0 Å². The fraction of sp³-hybridized carbons (Fsp3) is 0.238. The van der Waals surface area contributed by atoms with Gasteiger partial charge in [0, 0.05) is 11.8 Å². The molecule has 0 radical (unpaired) electrons. The topological polar surface area (TPSA) is 88.7 Å². The third-order valence-corrected chi connectivity index (χ3v) is 4.67. The van der Waals surface area contributed by atoms with Gasteiger partial charge in [-0.05, 0) is 37.1 Å². The molecule has 1 atom stereocenters. The third kappa shape index (κ3) is 3.78. The predicted molar refractivity (Wildman–Crippen MR) is 106 cm³/mol. The zero-order chi connectivity index (χ0) is 20.3. The van der Waals surface area contributed by atoms with Crippen molar-refractivity contribution in [2.24, 2.45) is 0 Å². The van der Waals surface area contributed by atoms with Crippen molar-refractivity contribution >= 4 is 17.6 Å². The average Bonchev–Trinajstić information content (AvgIpc) is 2.67. The molecule has 3 N–H and O–H groups in total. The number of methoxy groups -OCH3 is 2. The summed E-state index contributed by atoms with van der Waals surface area (Å²) >= 11 is 0. The molecule has 0 aliphatic carbocycles. The Balaban J connectivity index is 2.00. The quantitative estimate of drug-likeness (QED) is 0.742. The number of anilines is 1. The molecule has 0 saturated carbocycles. The van der Waals surface area contributed by atoms with Gasteiger partial charge in [-0.15, -0.1) is 0 Å². The van der Waals surface area contributed by atoms with Gasteiger partial charge in [-0.3, -0.25) is 4.79 Å². The summed E-state index contributed by atoms with van der Waals surface area (Å²) in [5.74, 6) is 0.754. The Bertz CT molecular complexity index is 952. The van der Waals surface area contributed by atoms with Gasteiger partial charge in [0.05, 0.1) is 31.5 Å². The fourth-order valence-electron chi connectivity index (χ4n) is 3.24. The lowest BCUT2D eigenvalue weighted by atomic mass is 9.92. The lowest BCUT2D eigenvalue weighted by Crippen LogP contribution is -2.46. The molecule has 3 amide bonds. The molecule has 1 aliphatic heterocycles. The number of rotatable bonds is 5. The van der Waals surface area contributed by atoms with Gasteiger partial charge in [-0.1, -0.05) is 24.3 Å². The Morgan fingerprint density at radius 3 is 2.50 bits per heavy atom. The van der Waals surface area contributed by atoms with Crippen LogP contribution in [0.2, 0.25) is 0 Å². The molecule has 0 bridgehead atoms. The standard InChI is InChI=1S/C21H23N3O4/c1-12-7-5-6-8-15(12)19-18(13(2)22-21(26)24-19)20(25)23-16-11-14(27-3)9-10-17(16)28-4/h5-11,19H,1-4H3,(H,23,25)(H2,22,24,26)/t19-/m1/s1. The van der Waals surface area contributed by atoms with Gasteiger partial charge in [0.2, 0.25) is 0 Å². The van der Waals surface area contributed by atoms with Crippen molar-refractivity contribution in [2.75, 3.05) is 19.5 Å². The van der Waals surface area contributed by atoms with E-state index in [0.717, 1.165) is 11.1 Å². The number of benzene rings is 2. The van der Waals surface area contributed by atoms with Crippen molar-refractivity contribution in [1.82, 2.24) is 10.6 Å². The summed E-state index contributed by atoms with van der Waals surface area (Å²) in [7, 11) is 3.08. The molecular formula is C21H23N3O4. The highest BCUT2D eigenvalue weighted by molar-refractivity contribution is 6.07. The smallest absolute Gasteiger partial charge is 0.319 e. The van der Waals surface area contributed by atoms with Crippen LogP contribution in [0.5, 0.6) is 11.5 Å². The first kappa shape index (κ1) is 19.3. The van der Waals surface area contributed by atoms with E-state index in [2.05, 4.69) is 16.0 Å². The van der Waals surface area contributed by atoms with Gasteiger partial charge in [-0.2, -0.15) is 0 Å². The van der Waals surface area contributed by atoms with Crippen molar-refractivity contribution < 1.29 is 19.1 Å². The minimum absolute atomic E-state index is 0.343. The second-order valence-electron chi connectivity index (χ2n) is 6.45. The lowest BCUT2D eigenvalue weighted by Gasteiger charge is -2.29. The van der Waals surface area contributed by atoms with E-state index < -0.39 is 6.04 Å². The molecule has 0 fully saturated rings. The van der Waals surface area contributed by atoms with E-state index in [0.29, 0.717) is 28.5 Å². The number of carbonyl (C=O) groups excluding carboxylic acids is 2. The van der Waals surface area contributed by atoms with Gasteiger partial charge in [-0.25, -0.2) is 4.79 Å². The van der Waals surface area contributed by atoms with Crippen LogP contribution in [-0.2, 0) is 4.79 Å². The normalized spacial score (nSPS) is 16.1. The van der Waals surface area contributed by atoms with Gasteiger partial charge < -0.3 is 25.4 Å². The summed E-state index contributed by atoms with van der Waals surface area (Å²) in [6, 6.07) is 11.9. The number of amides is 3. The highest BCUT2D eigenvalue weighted by Gasteiger charge is 2.32. The van der Waals surface area contributed by atoms with E-state index in [-0.39, 0.29) is 11.9 Å². The van der Waals surface area contributed by atoms with E-state index in [1.165, 1.54) is 7.11 Å².